The van der Waals surface area contributed by atoms with Crippen LogP contribution in [-0.2, 0) is 4.79 Å². The molecule has 0 bridgehead atoms. The summed E-state index contributed by atoms with van der Waals surface area (Å²) in [4.78, 5) is 24.0. The number of ether oxygens (including phenoxy) is 1. The van der Waals surface area contributed by atoms with E-state index in [0.29, 0.717) is 16.3 Å². The number of anilines is 1. The monoisotopic (exact) mass is 372 g/mol. The van der Waals surface area contributed by atoms with Crippen molar-refractivity contribution in [3.8, 4) is 5.75 Å². The molecule has 0 radical (unpaired) electrons. The Labute approximate surface area is 153 Å². The van der Waals surface area contributed by atoms with E-state index in [1.54, 1.807) is 37.3 Å². The zero-order valence-corrected chi connectivity index (χ0v) is 14.9. The first kappa shape index (κ1) is 17.9. The molecule has 0 aliphatic carbocycles. The molecule has 3 rings (SSSR count). The van der Waals surface area contributed by atoms with Crippen molar-refractivity contribution in [1.82, 2.24) is 0 Å². The minimum absolute atomic E-state index is 0.0866. The fraction of sp³-hybridized carbons (Fsp3) is 0.158. The fourth-order valence-corrected chi connectivity index (χ4v) is 3.63. The van der Waals surface area contributed by atoms with E-state index in [2.05, 4.69) is 5.32 Å². The van der Waals surface area contributed by atoms with Crippen molar-refractivity contribution in [2.45, 2.75) is 13.3 Å². The summed E-state index contributed by atoms with van der Waals surface area (Å²) in [5.41, 5.74) is 6.32. The Kier molecular flexibility index (Phi) is 5.18. The van der Waals surface area contributed by atoms with Crippen LogP contribution in [0.2, 0.25) is 0 Å². The van der Waals surface area contributed by atoms with Crippen LogP contribution in [0.3, 0.4) is 0 Å². The van der Waals surface area contributed by atoms with E-state index >= 15 is 0 Å². The Bertz CT molecular complexity index is 984. The van der Waals surface area contributed by atoms with E-state index in [4.69, 9.17) is 10.5 Å². The summed E-state index contributed by atoms with van der Waals surface area (Å²) in [6.07, 6.45) is 0.0866. The van der Waals surface area contributed by atoms with Gasteiger partial charge in [-0.2, -0.15) is 0 Å². The number of hydrogen-bond donors (Lipinski definition) is 2. The van der Waals surface area contributed by atoms with Gasteiger partial charge in [-0.3, -0.25) is 9.59 Å². The highest BCUT2D eigenvalue weighted by Crippen LogP contribution is 2.33. The van der Waals surface area contributed by atoms with Gasteiger partial charge in [-0.15, -0.1) is 11.3 Å². The largest absolute Gasteiger partial charge is 0.491 e. The van der Waals surface area contributed by atoms with Crippen LogP contribution >= 0.6 is 11.3 Å². The lowest BCUT2D eigenvalue weighted by molar-refractivity contribution is -0.118. The number of benzene rings is 2. The topological polar surface area (TPSA) is 81.4 Å². The van der Waals surface area contributed by atoms with Crippen molar-refractivity contribution in [3.63, 3.8) is 0 Å². The average molecular weight is 372 g/mol. The van der Waals surface area contributed by atoms with Crippen LogP contribution in [0, 0.1) is 12.7 Å². The van der Waals surface area contributed by atoms with Gasteiger partial charge in [0.15, 0.2) is 0 Å². The smallest absolute Gasteiger partial charge is 0.266 e. The van der Waals surface area contributed by atoms with Gasteiger partial charge < -0.3 is 15.8 Å². The molecule has 0 aliphatic rings. The van der Waals surface area contributed by atoms with Gasteiger partial charge in [-0.05, 0) is 48.2 Å². The number of rotatable bonds is 6. The number of primary amides is 1. The number of carbonyl (C=O) groups excluding carboxylic acids is 2. The highest BCUT2D eigenvalue weighted by Gasteiger charge is 2.17. The average Bonchev–Trinajstić information content (AvgIpc) is 2.93. The molecule has 1 aromatic heterocycles. The molecular formula is C19H17FN2O3S. The van der Waals surface area contributed by atoms with Crippen molar-refractivity contribution in [3.05, 3.63) is 58.7 Å². The Morgan fingerprint density at radius 3 is 2.77 bits per heavy atom. The first-order valence-electron chi connectivity index (χ1n) is 7.96. The molecule has 0 unspecified atom stereocenters. The molecule has 26 heavy (non-hydrogen) atoms. The molecule has 0 spiro atoms. The summed E-state index contributed by atoms with van der Waals surface area (Å²) >= 11 is 1.31. The van der Waals surface area contributed by atoms with Crippen LogP contribution in [-0.4, -0.2) is 18.4 Å². The summed E-state index contributed by atoms with van der Waals surface area (Å²) in [5.74, 6) is -0.639. The van der Waals surface area contributed by atoms with Crippen molar-refractivity contribution in [2.75, 3.05) is 11.9 Å². The van der Waals surface area contributed by atoms with Crippen LogP contribution in [0.5, 0.6) is 5.75 Å². The van der Waals surface area contributed by atoms with Gasteiger partial charge in [-0.25, -0.2) is 4.39 Å². The van der Waals surface area contributed by atoms with Crippen LogP contribution in [0.1, 0.15) is 21.7 Å². The van der Waals surface area contributed by atoms with Gasteiger partial charge in [0, 0.05) is 4.70 Å². The number of amides is 2. The molecule has 1 heterocycles. The lowest BCUT2D eigenvalue weighted by Crippen LogP contribution is -2.16. The molecule has 0 saturated heterocycles. The Hall–Kier alpha value is -2.93. The van der Waals surface area contributed by atoms with E-state index in [-0.39, 0.29) is 24.8 Å². The molecule has 7 heteroatoms. The maximum absolute atomic E-state index is 13.5. The quantitative estimate of drug-likeness (QED) is 0.689. The zero-order valence-electron chi connectivity index (χ0n) is 14.0. The molecule has 3 aromatic rings. The SMILES string of the molecule is Cc1c(C(=O)Nc2ccccc2OCCC(N)=O)sc2ccc(F)cc12. The standard InChI is InChI=1S/C19H17FN2O3S/c1-11-13-10-12(20)6-7-16(13)26-18(11)19(24)22-14-4-2-3-5-15(14)25-9-8-17(21)23/h2-7,10H,8-9H2,1H3,(H2,21,23)(H,22,24). The lowest BCUT2D eigenvalue weighted by Gasteiger charge is -2.11. The molecule has 0 aliphatic heterocycles. The number of carbonyl (C=O) groups is 2. The molecule has 134 valence electrons. The van der Waals surface area contributed by atoms with Gasteiger partial charge in [0.25, 0.3) is 5.91 Å². The number of halogens is 1. The van der Waals surface area contributed by atoms with Crippen molar-refractivity contribution < 1.29 is 18.7 Å². The third-order valence-corrected chi connectivity index (χ3v) is 5.12. The fourth-order valence-electron chi connectivity index (χ4n) is 2.55. The van der Waals surface area contributed by atoms with Gasteiger partial charge in [-0.1, -0.05) is 12.1 Å². The molecule has 3 N–H and O–H groups in total. The molecular weight excluding hydrogens is 355 g/mol. The lowest BCUT2D eigenvalue weighted by atomic mass is 10.1. The van der Waals surface area contributed by atoms with E-state index in [0.717, 1.165) is 15.6 Å². The third kappa shape index (κ3) is 3.83. The number of nitrogens with one attached hydrogen (secondary N) is 1. The minimum Gasteiger partial charge on any atom is -0.491 e. The van der Waals surface area contributed by atoms with Crippen molar-refractivity contribution >= 4 is 38.9 Å². The Morgan fingerprint density at radius 1 is 1.23 bits per heavy atom. The van der Waals surface area contributed by atoms with E-state index < -0.39 is 5.91 Å². The van der Waals surface area contributed by atoms with Crippen LogP contribution in [0.25, 0.3) is 10.1 Å². The second-order valence-electron chi connectivity index (χ2n) is 5.71. The highest BCUT2D eigenvalue weighted by atomic mass is 32.1. The minimum atomic E-state index is -0.459. The summed E-state index contributed by atoms with van der Waals surface area (Å²) in [5, 5.41) is 3.55. The number of fused-ring (bicyclic) bond motifs is 1. The first-order chi connectivity index (χ1) is 12.5. The molecule has 5 nitrogen and oxygen atoms in total. The van der Waals surface area contributed by atoms with E-state index in [1.165, 1.54) is 23.5 Å². The summed E-state index contributed by atoms with van der Waals surface area (Å²) in [7, 11) is 0. The van der Waals surface area contributed by atoms with Gasteiger partial charge in [0.1, 0.15) is 11.6 Å². The number of para-hydroxylation sites is 2. The maximum atomic E-state index is 13.5. The van der Waals surface area contributed by atoms with Crippen molar-refractivity contribution in [1.29, 1.82) is 0 Å². The maximum Gasteiger partial charge on any atom is 0.266 e. The third-order valence-electron chi connectivity index (χ3n) is 3.85. The molecule has 2 amide bonds. The van der Waals surface area contributed by atoms with Gasteiger partial charge in [0.05, 0.1) is 23.6 Å². The van der Waals surface area contributed by atoms with Gasteiger partial charge in [0.2, 0.25) is 5.91 Å². The number of aryl methyl sites for hydroxylation is 1. The number of thiophene rings is 1. The molecule has 0 saturated carbocycles. The van der Waals surface area contributed by atoms with E-state index in [9.17, 15) is 14.0 Å². The predicted molar refractivity (Wildman–Crippen MR) is 100 cm³/mol. The summed E-state index contributed by atoms with van der Waals surface area (Å²) in [6, 6.07) is 11.4. The second kappa shape index (κ2) is 7.53. The number of hydrogen-bond acceptors (Lipinski definition) is 4. The predicted octanol–water partition coefficient (Wildman–Crippen LogP) is 3.86. The highest BCUT2D eigenvalue weighted by molar-refractivity contribution is 7.21. The molecule has 0 atom stereocenters. The second-order valence-corrected chi connectivity index (χ2v) is 6.76. The first-order valence-corrected chi connectivity index (χ1v) is 8.77. The normalized spacial score (nSPS) is 10.7. The summed E-state index contributed by atoms with van der Waals surface area (Å²) < 4.78 is 19.8. The van der Waals surface area contributed by atoms with E-state index in [1.807, 2.05) is 0 Å². The number of nitrogens with two attached hydrogens (primary N) is 1. The van der Waals surface area contributed by atoms with Crippen LogP contribution in [0.15, 0.2) is 42.5 Å². The Balaban J connectivity index is 1.82. The van der Waals surface area contributed by atoms with Crippen molar-refractivity contribution in [2.24, 2.45) is 5.73 Å². The van der Waals surface area contributed by atoms with Gasteiger partial charge >= 0.3 is 0 Å². The van der Waals surface area contributed by atoms with Crippen LogP contribution in [0.4, 0.5) is 10.1 Å². The summed E-state index contributed by atoms with van der Waals surface area (Å²) in [6.45, 7) is 1.92. The Morgan fingerprint density at radius 2 is 2.00 bits per heavy atom. The molecule has 2 aromatic carbocycles. The van der Waals surface area contributed by atoms with Crippen LogP contribution < -0.4 is 15.8 Å². The zero-order chi connectivity index (χ0) is 18.7. The molecule has 0 fully saturated rings.